The second-order valence-electron chi connectivity index (χ2n) is 9.41. The molecule has 3 rings (SSSR count). The number of nitrogens with zero attached hydrogens (tertiary/aromatic N) is 2. The third kappa shape index (κ3) is 6.36. The van der Waals surface area contributed by atoms with Crippen molar-refractivity contribution in [3.8, 4) is 22.8 Å². The van der Waals surface area contributed by atoms with E-state index in [0.29, 0.717) is 17.4 Å². The first-order valence-electron chi connectivity index (χ1n) is 11.4. The van der Waals surface area contributed by atoms with Crippen molar-refractivity contribution >= 4 is 32.5 Å². The molecule has 2 aromatic carbocycles. The topological polar surface area (TPSA) is 95.0 Å². The second-order valence-corrected chi connectivity index (χ2v) is 12.1. The summed E-state index contributed by atoms with van der Waals surface area (Å²) in [6.07, 6.45) is 0. The fourth-order valence-electron chi connectivity index (χ4n) is 3.40. The predicted octanol–water partition coefficient (Wildman–Crippen LogP) is 5.49. The SMILES string of the molecule is COc1ccc(OC)c(S(=O)(=O)N(CC(=O)OC(C)(C)C)c2nc(-c3ccc(C(C)C)cc3)cs2)c1. The Morgan fingerprint density at radius 3 is 2.28 bits per heavy atom. The molecule has 0 fully saturated rings. The van der Waals surface area contributed by atoms with Gasteiger partial charge in [0.05, 0.1) is 19.9 Å². The fourth-order valence-corrected chi connectivity index (χ4v) is 5.99. The Kier molecular flexibility index (Phi) is 8.30. The van der Waals surface area contributed by atoms with Crippen LogP contribution in [-0.4, -0.2) is 45.7 Å². The fraction of sp³-hybridized carbons (Fsp3) is 0.385. The quantitative estimate of drug-likeness (QED) is 0.336. The average molecular weight is 533 g/mol. The number of carbonyl (C=O) groups is 1. The summed E-state index contributed by atoms with van der Waals surface area (Å²) in [4.78, 5) is 17.2. The number of aromatic nitrogens is 1. The molecule has 1 aromatic heterocycles. The van der Waals surface area contributed by atoms with Crippen molar-refractivity contribution in [2.75, 3.05) is 25.1 Å². The molecular weight excluding hydrogens is 500 g/mol. The van der Waals surface area contributed by atoms with Crippen LogP contribution in [0.3, 0.4) is 0 Å². The molecule has 194 valence electrons. The van der Waals surface area contributed by atoms with Gasteiger partial charge in [-0.05, 0) is 44.4 Å². The van der Waals surface area contributed by atoms with Crippen LogP contribution in [0, 0.1) is 0 Å². The second kappa shape index (κ2) is 10.9. The number of rotatable bonds is 9. The zero-order valence-corrected chi connectivity index (χ0v) is 23.2. The molecule has 1 heterocycles. The van der Waals surface area contributed by atoms with E-state index in [1.807, 2.05) is 24.3 Å². The average Bonchev–Trinajstić information content (AvgIpc) is 3.30. The summed E-state index contributed by atoms with van der Waals surface area (Å²) < 4.78 is 44.7. The third-order valence-electron chi connectivity index (χ3n) is 5.21. The van der Waals surface area contributed by atoms with Crippen LogP contribution in [0.2, 0.25) is 0 Å². The molecule has 3 aromatic rings. The lowest BCUT2D eigenvalue weighted by Crippen LogP contribution is -2.39. The number of methoxy groups -OCH3 is 2. The van der Waals surface area contributed by atoms with Crippen LogP contribution in [0.15, 0.2) is 52.7 Å². The Morgan fingerprint density at radius 2 is 1.72 bits per heavy atom. The van der Waals surface area contributed by atoms with Crippen molar-refractivity contribution in [2.45, 2.75) is 51.0 Å². The van der Waals surface area contributed by atoms with Gasteiger partial charge in [0.15, 0.2) is 0 Å². The number of sulfonamides is 1. The molecule has 8 nitrogen and oxygen atoms in total. The van der Waals surface area contributed by atoms with E-state index in [0.717, 1.165) is 21.2 Å². The van der Waals surface area contributed by atoms with Gasteiger partial charge in [-0.1, -0.05) is 38.1 Å². The smallest absolute Gasteiger partial charge is 0.327 e. The summed E-state index contributed by atoms with van der Waals surface area (Å²) in [5, 5.41) is 1.90. The molecule has 36 heavy (non-hydrogen) atoms. The van der Waals surface area contributed by atoms with Crippen molar-refractivity contribution < 1.29 is 27.4 Å². The lowest BCUT2D eigenvalue weighted by molar-refractivity contribution is -0.152. The van der Waals surface area contributed by atoms with E-state index in [9.17, 15) is 13.2 Å². The van der Waals surface area contributed by atoms with Gasteiger partial charge in [0.2, 0.25) is 5.13 Å². The number of esters is 1. The first-order chi connectivity index (χ1) is 16.9. The number of carbonyl (C=O) groups excluding carboxylic acids is 1. The van der Waals surface area contributed by atoms with Crippen LogP contribution < -0.4 is 13.8 Å². The van der Waals surface area contributed by atoms with E-state index in [1.54, 1.807) is 32.2 Å². The van der Waals surface area contributed by atoms with Gasteiger partial charge in [0.1, 0.15) is 28.5 Å². The number of anilines is 1. The van der Waals surface area contributed by atoms with E-state index >= 15 is 0 Å². The van der Waals surface area contributed by atoms with Crippen LogP contribution in [0.4, 0.5) is 5.13 Å². The molecule has 0 unspecified atom stereocenters. The summed E-state index contributed by atoms with van der Waals surface area (Å²) in [7, 11) is -1.48. The molecule has 0 radical (unpaired) electrons. The van der Waals surface area contributed by atoms with Gasteiger partial charge in [-0.3, -0.25) is 4.79 Å². The normalized spacial score (nSPS) is 11.9. The Hall–Kier alpha value is -3.11. The van der Waals surface area contributed by atoms with Crippen LogP contribution >= 0.6 is 11.3 Å². The van der Waals surface area contributed by atoms with Gasteiger partial charge < -0.3 is 14.2 Å². The van der Waals surface area contributed by atoms with Crippen molar-refractivity contribution in [1.29, 1.82) is 0 Å². The van der Waals surface area contributed by atoms with Crippen LogP contribution in [-0.2, 0) is 19.6 Å². The van der Waals surface area contributed by atoms with Crippen LogP contribution in [0.5, 0.6) is 11.5 Å². The number of benzene rings is 2. The highest BCUT2D eigenvalue weighted by Gasteiger charge is 2.34. The number of ether oxygens (including phenoxy) is 3. The highest BCUT2D eigenvalue weighted by molar-refractivity contribution is 7.93. The summed E-state index contributed by atoms with van der Waals surface area (Å²) >= 11 is 1.12. The van der Waals surface area contributed by atoms with Gasteiger partial charge in [0, 0.05) is 17.0 Å². The van der Waals surface area contributed by atoms with Gasteiger partial charge in [-0.25, -0.2) is 17.7 Å². The van der Waals surface area contributed by atoms with E-state index in [1.165, 1.54) is 31.9 Å². The monoisotopic (exact) mass is 532 g/mol. The molecule has 0 atom stereocenters. The van der Waals surface area contributed by atoms with Crippen molar-refractivity contribution in [3.63, 3.8) is 0 Å². The lowest BCUT2D eigenvalue weighted by atomic mass is 10.0. The standard InChI is InChI=1S/C26H32N2O6S2/c1-17(2)18-8-10-19(11-9-18)21-16-35-25(27-21)28(15-24(29)34-26(3,4)5)36(30,31)23-14-20(32-6)12-13-22(23)33-7/h8-14,16-17H,15H2,1-7H3. The summed E-state index contributed by atoms with van der Waals surface area (Å²) in [5.41, 5.74) is 1.85. The molecule has 0 saturated carbocycles. The molecule has 0 aliphatic carbocycles. The minimum Gasteiger partial charge on any atom is -0.497 e. The minimum absolute atomic E-state index is 0.117. The highest BCUT2D eigenvalue weighted by atomic mass is 32.2. The zero-order valence-electron chi connectivity index (χ0n) is 21.6. The molecule has 0 amide bonds. The Balaban J connectivity index is 2.07. The molecular formula is C26H32N2O6S2. The van der Waals surface area contributed by atoms with Crippen LogP contribution in [0.25, 0.3) is 11.3 Å². The summed E-state index contributed by atoms with van der Waals surface area (Å²) in [5.74, 6) is 0.131. The predicted molar refractivity (Wildman–Crippen MR) is 142 cm³/mol. The van der Waals surface area contributed by atoms with E-state index in [2.05, 4.69) is 18.8 Å². The molecule has 0 saturated heterocycles. The maximum absolute atomic E-state index is 13.9. The molecule has 0 aliphatic heterocycles. The number of hydrogen-bond acceptors (Lipinski definition) is 8. The van der Waals surface area contributed by atoms with E-state index in [-0.39, 0.29) is 15.8 Å². The third-order valence-corrected chi connectivity index (χ3v) is 7.95. The maximum atomic E-state index is 13.9. The molecule has 10 heteroatoms. The zero-order chi connectivity index (χ0) is 26.7. The van der Waals surface area contributed by atoms with Gasteiger partial charge in [0.25, 0.3) is 10.0 Å². The Labute approximate surface area is 216 Å². The molecule has 0 spiro atoms. The van der Waals surface area contributed by atoms with Gasteiger partial charge in [-0.15, -0.1) is 11.3 Å². The Morgan fingerprint density at radius 1 is 1.06 bits per heavy atom. The van der Waals surface area contributed by atoms with E-state index < -0.39 is 28.1 Å². The highest BCUT2D eigenvalue weighted by Crippen LogP contribution is 2.36. The molecule has 0 bridgehead atoms. The summed E-state index contributed by atoms with van der Waals surface area (Å²) in [6.45, 7) is 8.83. The Bertz CT molecular complexity index is 1310. The van der Waals surface area contributed by atoms with Crippen molar-refractivity contribution in [3.05, 3.63) is 53.4 Å². The molecule has 0 N–H and O–H groups in total. The lowest BCUT2D eigenvalue weighted by Gasteiger charge is -2.25. The van der Waals surface area contributed by atoms with Gasteiger partial charge in [-0.2, -0.15) is 0 Å². The van der Waals surface area contributed by atoms with Crippen molar-refractivity contribution in [1.82, 2.24) is 4.98 Å². The summed E-state index contributed by atoms with van der Waals surface area (Å²) in [6, 6.07) is 12.4. The largest absolute Gasteiger partial charge is 0.497 e. The van der Waals surface area contributed by atoms with E-state index in [4.69, 9.17) is 14.2 Å². The first kappa shape index (κ1) is 27.5. The minimum atomic E-state index is -4.29. The van der Waals surface area contributed by atoms with Gasteiger partial charge >= 0.3 is 5.97 Å². The number of hydrogen-bond donors (Lipinski definition) is 0. The van der Waals surface area contributed by atoms with Crippen molar-refractivity contribution in [2.24, 2.45) is 0 Å². The number of thiazole rings is 1. The maximum Gasteiger partial charge on any atom is 0.327 e. The first-order valence-corrected chi connectivity index (χ1v) is 13.7. The van der Waals surface area contributed by atoms with Crippen LogP contribution in [0.1, 0.15) is 46.1 Å². The molecule has 0 aliphatic rings.